The summed E-state index contributed by atoms with van der Waals surface area (Å²) in [5, 5.41) is 0.593. The highest BCUT2D eigenvalue weighted by molar-refractivity contribution is 7.99. The first kappa shape index (κ1) is 12.3. The molecule has 2 heteroatoms. The van der Waals surface area contributed by atoms with Crippen molar-refractivity contribution in [3.05, 3.63) is 29.8 Å². The molecule has 1 rings (SSSR count). The van der Waals surface area contributed by atoms with Crippen molar-refractivity contribution in [2.45, 2.75) is 43.3 Å². The molecule has 0 spiro atoms. The van der Waals surface area contributed by atoms with E-state index in [9.17, 15) is 4.79 Å². The molecule has 0 bridgehead atoms. The number of thioether (sulfide) groups is 1. The first-order chi connectivity index (χ1) is 6.95. The predicted octanol–water partition coefficient (Wildman–Crippen LogP) is 3.66. The summed E-state index contributed by atoms with van der Waals surface area (Å²) < 4.78 is 0. The molecule has 0 aliphatic rings. The van der Waals surface area contributed by atoms with Gasteiger partial charge in [0.05, 0.1) is 0 Å². The second-order valence-corrected chi connectivity index (χ2v) is 6.18. The maximum atomic E-state index is 10.9. The van der Waals surface area contributed by atoms with Gasteiger partial charge in [0.25, 0.3) is 0 Å². The van der Waals surface area contributed by atoms with E-state index < -0.39 is 0 Å². The highest BCUT2D eigenvalue weighted by atomic mass is 32.2. The average molecular weight is 222 g/mol. The quantitative estimate of drug-likeness (QED) is 0.571. The van der Waals surface area contributed by atoms with E-state index in [1.165, 1.54) is 4.90 Å². The van der Waals surface area contributed by atoms with E-state index in [0.29, 0.717) is 5.25 Å². The molecule has 0 amide bonds. The predicted molar refractivity (Wildman–Crippen MR) is 66.5 cm³/mol. The van der Waals surface area contributed by atoms with Gasteiger partial charge in [-0.05, 0) is 31.5 Å². The van der Waals surface area contributed by atoms with Crippen molar-refractivity contribution >= 4 is 18.0 Å². The topological polar surface area (TPSA) is 17.1 Å². The van der Waals surface area contributed by atoms with Crippen LogP contribution in [0.3, 0.4) is 0 Å². The van der Waals surface area contributed by atoms with Crippen LogP contribution in [0.2, 0.25) is 0 Å². The van der Waals surface area contributed by atoms with Crippen LogP contribution < -0.4 is 0 Å². The van der Waals surface area contributed by atoms with Gasteiger partial charge in [-0.2, -0.15) is 0 Å². The Balaban J connectivity index is 2.85. The van der Waals surface area contributed by atoms with E-state index >= 15 is 0 Å². The number of benzene rings is 1. The fourth-order valence-electron chi connectivity index (χ4n) is 1.30. The Morgan fingerprint density at radius 3 is 2.13 bits per heavy atom. The zero-order chi connectivity index (χ0) is 11.5. The molecule has 1 aromatic rings. The monoisotopic (exact) mass is 222 g/mol. The lowest BCUT2D eigenvalue weighted by atomic mass is 9.87. The van der Waals surface area contributed by atoms with E-state index in [1.807, 2.05) is 37.7 Å². The molecule has 0 unspecified atom stereocenters. The Hall–Kier alpha value is -0.760. The molecule has 0 saturated heterocycles. The standard InChI is InChI=1S/C13H18OS/c1-10(2)15-12-7-5-11(6-8-12)13(3,4)9-14/h5-10H,1-4H3. The molecule has 0 aromatic heterocycles. The van der Waals surface area contributed by atoms with E-state index in [-0.39, 0.29) is 5.41 Å². The SMILES string of the molecule is CC(C)Sc1ccc(C(C)(C)C=O)cc1. The van der Waals surface area contributed by atoms with Gasteiger partial charge in [-0.15, -0.1) is 11.8 Å². The third-order valence-electron chi connectivity index (χ3n) is 2.26. The van der Waals surface area contributed by atoms with Crippen molar-refractivity contribution in [3.8, 4) is 0 Å². The fourth-order valence-corrected chi connectivity index (χ4v) is 2.14. The van der Waals surface area contributed by atoms with Gasteiger partial charge >= 0.3 is 0 Å². The van der Waals surface area contributed by atoms with Crippen molar-refractivity contribution in [2.75, 3.05) is 0 Å². The van der Waals surface area contributed by atoms with Crippen LogP contribution in [0.4, 0.5) is 0 Å². The summed E-state index contributed by atoms with van der Waals surface area (Å²) in [6.45, 7) is 8.22. The maximum Gasteiger partial charge on any atom is 0.129 e. The number of hydrogen-bond acceptors (Lipinski definition) is 2. The van der Waals surface area contributed by atoms with E-state index in [4.69, 9.17) is 0 Å². The van der Waals surface area contributed by atoms with Gasteiger partial charge in [-0.1, -0.05) is 26.0 Å². The normalized spacial score (nSPS) is 11.8. The van der Waals surface area contributed by atoms with Gasteiger partial charge in [0.1, 0.15) is 6.29 Å². The Morgan fingerprint density at radius 2 is 1.73 bits per heavy atom. The van der Waals surface area contributed by atoms with Crippen molar-refractivity contribution in [1.82, 2.24) is 0 Å². The van der Waals surface area contributed by atoms with E-state index in [0.717, 1.165) is 11.8 Å². The van der Waals surface area contributed by atoms with Crippen LogP contribution >= 0.6 is 11.8 Å². The fraction of sp³-hybridized carbons (Fsp3) is 0.462. The van der Waals surface area contributed by atoms with Gasteiger partial charge in [0.15, 0.2) is 0 Å². The first-order valence-corrected chi connectivity index (χ1v) is 6.07. The molecule has 0 fully saturated rings. The number of hydrogen-bond donors (Lipinski definition) is 0. The Morgan fingerprint density at radius 1 is 1.20 bits per heavy atom. The first-order valence-electron chi connectivity index (χ1n) is 5.19. The molecular formula is C13H18OS. The molecule has 0 atom stereocenters. The third kappa shape index (κ3) is 3.38. The lowest BCUT2D eigenvalue weighted by Gasteiger charge is -2.17. The molecule has 0 aliphatic carbocycles. The van der Waals surface area contributed by atoms with Crippen LogP contribution in [0.5, 0.6) is 0 Å². The van der Waals surface area contributed by atoms with Crippen LogP contribution in [0.1, 0.15) is 33.3 Å². The third-order valence-corrected chi connectivity index (χ3v) is 3.28. The molecule has 0 N–H and O–H groups in total. The summed E-state index contributed by atoms with van der Waals surface area (Å²) >= 11 is 1.84. The van der Waals surface area contributed by atoms with Crippen LogP contribution in [0, 0.1) is 0 Å². The van der Waals surface area contributed by atoms with Crippen molar-refractivity contribution in [1.29, 1.82) is 0 Å². The summed E-state index contributed by atoms with van der Waals surface area (Å²) in [4.78, 5) is 12.1. The molecule has 82 valence electrons. The minimum atomic E-state index is -0.374. The highest BCUT2D eigenvalue weighted by Crippen LogP contribution is 2.26. The van der Waals surface area contributed by atoms with E-state index in [2.05, 4.69) is 26.0 Å². The average Bonchev–Trinajstić information content (AvgIpc) is 2.18. The summed E-state index contributed by atoms with van der Waals surface area (Å²) in [7, 11) is 0. The van der Waals surface area contributed by atoms with Gasteiger partial charge in [-0.3, -0.25) is 0 Å². The second kappa shape index (κ2) is 4.84. The van der Waals surface area contributed by atoms with Crippen molar-refractivity contribution in [2.24, 2.45) is 0 Å². The minimum absolute atomic E-state index is 0.374. The van der Waals surface area contributed by atoms with Crippen LogP contribution in [-0.4, -0.2) is 11.5 Å². The number of carbonyl (C=O) groups excluding carboxylic acids is 1. The Bertz CT molecular complexity index is 325. The molecule has 1 aromatic carbocycles. The largest absolute Gasteiger partial charge is 0.302 e. The minimum Gasteiger partial charge on any atom is -0.302 e. The van der Waals surface area contributed by atoms with Crippen molar-refractivity contribution < 1.29 is 4.79 Å². The van der Waals surface area contributed by atoms with E-state index in [1.54, 1.807) is 0 Å². The molecular weight excluding hydrogens is 204 g/mol. The molecule has 0 heterocycles. The molecule has 15 heavy (non-hydrogen) atoms. The number of aldehydes is 1. The van der Waals surface area contributed by atoms with Gasteiger partial charge in [0.2, 0.25) is 0 Å². The number of rotatable bonds is 4. The van der Waals surface area contributed by atoms with Gasteiger partial charge < -0.3 is 4.79 Å². The summed E-state index contributed by atoms with van der Waals surface area (Å²) in [5.41, 5.74) is 0.701. The lowest BCUT2D eigenvalue weighted by Crippen LogP contribution is -2.18. The zero-order valence-corrected chi connectivity index (χ0v) is 10.6. The van der Waals surface area contributed by atoms with Gasteiger partial charge in [-0.25, -0.2) is 0 Å². The van der Waals surface area contributed by atoms with Crippen LogP contribution in [-0.2, 0) is 10.2 Å². The van der Waals surface area contributed by atoms with Crippen LogP contribution in [0.15, 0.2) is 29.2 Å². The Kier molecular flexibility index (Phi) is 3.97. The lowest BCUT2D eigenvalue weighted by molar-refractivity contribution is -0.111. The van der Waals surface area contributed by atoms with Gasteiger partial charge in [0, 0.05) is 15.6 Å². The highest BCUT2D eigenvalue weighted by Gasteiger charge is 2.18. The smallest absolute Gasteiger partial charge is 0.129 e. The molecule has 0 radical (unpaired) electrons. The summed E-state index contributed by atoms with van der Waals surface area (Å²) in [6.07, 6.45) is 0.998. The zero-order valence-electron chi connectivity index (χ0n) is 9.78. The second-order valence-electron chi connectivity index (χ2n) is 4.53. The summed E-state index contributed by atoms with van der Waals surface area (Å²) in [5.74, 6) is 0. The van der Waals surface area contributed by atoms with Crippen LogP contribution in [0.25, 0.3) is 0 Å². The summed E-state index contributed by atoms with van der Waals surface area (Å²) in [6, 6.07) is 8.26. The molecule has 1 nitrogen and oxygen atoms in total. The molecule has 0 aliphatic heterocycles. The van der Waals surface area contributed by atoms with Crippen molar-refractivity contribution in [3.63, 3.8) is 0 Å². The number of carbonyl (C=O) groups is 1. The Labute approximate surface area is 96.3 Å². The molecule has 0 saturated carbocycles. The maximum absolute atomic E-state index is 10.9.